The van der Waals surface area contributed by atoms with Crippen LogP contribution in [0.1, 0.15) is 48.9 Å². The van der Waals surface area contributed by atoms with Crippen molar-refractivity contribution in [3.63, 3.8) is 0 Å². The molecule has 2 heterocycles. The van der Waals surface area contributed by atoms with Gasteiger partial charge in [-0.25, -0.2) is 9.78 Å². The van der Waals surface area contributed by atoms with Crippen LogP contribution in [0.4, 0.5) is 10.6 Å². The number of carbonyl (C=O) groups is 2. The standard InChI is InChI=1S/C22H29ClN4O4/c1-24-20(28)17-6-15(23)10-25-19(17)26-16-2-3-27(11-16)21(29)31-18-13-4-12-5-14(18)9-22(30,7-12)8-13/h6,10,12-14,16,18,30H,2-5,7-9,11H2,1H3,(H,24,28)(H,25,26). The van der Waals surface area contributed by atoms with Gasteiger partial charge in [-0.1, -0.05) is 11.6 Å². The summed E-state index contributed by atoms with van der Waals surface area (Å²) >= 11 is 6.00. The summed E-state index contributed by atoms with van der Waals surface area (Å²) in [4.78, 5) is 31.0. The molecule has 1 aromatic rings. The van der Waals surface area contributed by atoms with E-state index in [9.17, 15) is 14.7 Å². The van der Waals surface area contributed by atoms with E-state index in [2.05, 4.69) is 15.6 Å². The number of hydrogen-bond acceptors (Lipinski definition) is 6. The molecular formula is C22H29ClN4O4. The predicted octanol–water partition coefficient (Wildman–Crippen LogP) is 2.66. The van der Waals surface area contributed by atoms with Gasteiger partial charge in [0.05, 0.1) is 16.2 Å². The van der Waals surface area contributed by atoms with Crippen LogP contribution in [0.15, 0.2) is 12.3 Å². The number of nitrogens with zero attached hydrogens (tertiary/aromatic N) is 2. The van der Waals surface area contributed by atoms with Crippen molar-refractivity contribution in [1.29, 1.82) is 0 Å². The van der Waals surface area contributed by atoms with Crippen LogP contribution in [0.5, 0.6) is 0 Å². The van der Waals surface area contributed by atoms with Crippen LogP contribution in [0.25, 0.3) is 0 Å². The fourth-order valence-corrected chi connectivity index (χ4v) is 6.58. The fraction of sp³-hybridized carbons (Fsp3) is 0.682. The zero-order chi connectivity index (χ0) is 21.8. The van der Waals surface area contributed by atoms with Crippen molar-refractivity contribution in [2.75, 3.05) is 25.5 Å². The lowest BCUT2D eigenvalue weighted by molar-refractivity contribution is -0.177. The molecule has 0 spiro atoms. The summed E-state index contributed by atoms with van der Waals surface area (Å²) in [5.74, 6) is 1.34. The minimum absolute atomic E-state index is 0.0242. The lowest BCUT2D eigenvalue weighted by Gasteiger charge is -2.57. The highest BCUT2D eigenvalue weighted by Crippen LogP contribution is 2.56. The van der Waals surface area contributed by atoms with E-state index in [0.29, 0.717) is 35.4 Å². The van der Waals surface area contributed by atoms with Crippen molar-refractivity contribution in [3.8, 4) is 0 Å². The Hall–Kier alpha value is -2.06. The minimum Gasteiger partial charge on any atom is -0.446 e. The second kappa shape index (κ2) is 7.81. The van der Waals surface area contributed by atoms with Gasteiger partial charge in [0.15, 0.2) is 0 Å². The molecule has 31 heavy (non-hydrogen) atoms. The molecule has 5 aliphatic rings. The van der Waals surface area contributed by atoms with Crippen LogP contribution >= 0.6 is 11.6 Å². The topological polar surface area (TPSA) is 104 Å². The maximum atomic E-state index is 12.9. The summed E-state index contributed by atoms with van der Waals surface area (Å²) < 4.78 is 6.00. The van der Waals surface area contributed by atoms with Gasteiger partial charge in [-0.15, -0.1) is 0 Å². The van der Waals surface area contributed by atoms with Gasteiger partial charge in [0.25, 0.3) is 5.91 Å². The average Bonchev–Trinajstić information content (AvgIpc) is 3.19. The molecular weight excluding hydrogens is 420 g/mol. The number of pyridine rings is 1. The van der Waals surface area contributed by atoms with Crippen molar-refractivity contribution >= 4 is 29.4 Å². The number of hydrogen-bond donors (Lipinski definition) is 3. The first-order valence-corrected chi connectivity index (χ1v) is 11.5. The highest BCUT2D eigenvalue weighted by atomic mass is 35.5. The van der Waals surface area contributed by atoms with Gasteiger partial charge in [-0.3, -0.25) is 4.79 Å². The number of nitrogens with one attached hydrogen (secondary N) is 2. The third-order valence-electron chi connectivity index (χ3n) is 7.50. The third-order valence-corrected chi connectivity index (χ3v) is 7.71. The van der Waals surface area contributed by atoms with Crippen molar-refractivity contribution in [2.45, 2.75) is 56.3 Å². The number of amides is 2. The second-order valence-corrected chi connectivity index (χ2v) is 10.2. The van der Waals surface area contributed by atoms with Gasteiger partial charge in [0, 0.05) is 32.4 Å². The molecule has 0 radical (unpaired) electrons. The number of rotatable bonds is 4. The number of carbonyl (C=O) groups excluding carboxylic acids is 2. The Morgan fingerprint density at radius 3 is 2.71 bits per heavy atom. The van der Waals surface area contributed by atoms with E-state index < -0.39 is 5.60 Å². The summed E-state index contributed by atoms with van der Waals surface area (Å²) in [6.07, 6.45) is 6.44. The minimum atomic E-state index is -0.532. The first-order chi connectivity index (χ1) is 14.8. The molecule has 2 amide bonds. The second-order valence-electron chi connectivity index (χ2n) is 9.75. The molecule has 4 aliphatic carbocycles. The van der Waals surface area contributed by atoms with Gasteiger partial charge in [0.1, 0.15) is 11.9 Å². The maximum absolute atomic E-state index is 12.9. The van der Waals surface area contributed by atoms with Crippen molar-refractivity contribution in [2.24, 2.45) is 17.8 Å². The summed E-state index contributed by atoms with van der Waals surface area (Å²) in [7, 11) is 1.56. The quantitative estimate of drug-likeness (QED) is 0.654. The van der Waals surface area contributed by atoms with Crippen LogP contribution < -0.4 is 10.6 Å². The van der Waals surface area contributed by atoms with Gasteiger partial charge in [-0.05, 0) is 62.3 Å². The Bertz CT molecular complexity index is 880. The highest BCUT2D eigenvalue weighted by molar-refractivity contribution is 6.31. The number of ether oxygens (including phenoxy) is 1. The Balaban J connectivity index is 1.20. The Labute approximate surface area is 186 Å². The number of anilines is 1. The van der Waals surface area contributed by atoms with E-state index in [0.717, 1.165) is 38.5 Å². The van der Waals surface area contributed by atoms with Gasteiger partial charge >= 0.3 is 6.09 Å². The molecule has 1 aromatic heterocycles. The monoisotopic (exact) mass is 448 g/mol. The van der Waals surface area contributed by atoms with Crippen LogP contribution in [0.2, 0.25) is 5.02 Å². The molecule has 3 atom stereocenters. The molecule has 5 fully saturated rings. The molecule has 6 rings (SSSR count). The normalized spacial score (nSPS) is 35.8. The summed E-state index contributed by atoms with van der Waals surface area (Å²) in [5, 5.41) is 17.0. The highest BCUT2D eigenvalue weighted by Gasteiger charge is 2.56. The van der Waals surface area contributed by atoms with Crippen LogP contribution in [0.3, 0.4) is 0 Å². The average molecular weight is 449 g/mol. The lowest BCUT2D eigenvalue weighted by atomic mass is 9.53. The van der Waals surface area contributed by atoms with E-state index in [1.807, 2.05) is 0 Å². The molecule has 4 saturated carbocycles. The zero-order valence-electron chi connectivity index (χ0n) is 17.6. The summed E-state index contributed by atoms with van der Waals surface area (Å²) in [6.45, 7) is 1.08. The van der Waals surface area contributed by atoms with Gasteiger partial charge in [-0.2, -0.15) is 0 Å². The van der Waals surface area contributed by atoms with Crippen molar-refractivity contribution in [1.82, 2.24) is 15.2 Å². The molecule has 9 heteroatoms. The van der Waals surface area contributed by atoms with Crippen molar-refractivity contribution < 1.29 is 19.4 Å². The smallest absolute Gasteiger partial charge is 0.410 e. The SMILES string of the molecule is CNC(=O)c1cc(Cl)cnc1NC1CCN(C(=O)OC2C3CC4CC2CC(O)(C4)C3)C1. The Morgan fingerprint density at radius 2 is 2.03 bits per heavy atom. The number of aliphatic hydroxyl groups is 1. The van der Waals surface area contributed by atoms with Gasteiger partial charge < -0.3 is 25.4 Å². The third kappa shape index (κ3) is 3.96. The number of likely N-dealkylation sites (tertiary alicyclic amines) is 1. The molecule has 4 bridgehead atoms. The van der Waals surface area contributed by atoms with Crippen molar-refractivity contribution in [3.05, 3.63) is 22.8 Å². The maximum Gasteiger partial charge on any atom is 0.410 e. The molecule has 0 aromatic carbocycles. The first-order valence-electron chi connectivity index (χ1n) is 11.2. The lowest BCUT2D eigenvalue weighted by Crippen LogP contribution is -2.58. The number of halogens is 1. The summed E-state index contributed by atoms with van der Waals surface area (Å²) in [5.41, 5.74) is -0.154. The molecule has 1 aliphatic heterocycles. The molecule has 1 saturated heterocycles. The molecule has 168 valence electrons. The Kier molecular flexibility index (Phi) is 5.25. The molecule has 3 N–H and O–H groups in total. The Morgan fingerprint density at radius 1 is 1.29 bits per heavy atom. The van der Waals surface area contributed by atoms with E-state index >= 15 is 0 Å². The van der Waals surface area contributed by atoms with E-state index in [1.54, 1.807) is 18.0 Å². The van der Waals surface area contributed by atoms with Crippen LogP contribution in [-0.2, 0) is 4.74 Å². The fourth-order valence-electron chi connectivity index (χ4n) is 6.42. The van der Waals surface area contributed by atoms with E-state index in [4.69, 9.17) is 16.3 Å². The van der Waals surface area contributed by atoms with Crippen LogP contribution in [0, 0.1) is 17.8 Å². The summed E-state index contributed by atoms with van der Waals surface area (Å²) in [6, 6.07) is 1.56. The van der Waals surface area contributed by atoms with E-state index in [1.165, 1.54) is 6.20 Å². The van der Waals surface area contributed by atoms with Crippen LogP contribution in [-0.4, -0.2) is 64.9 Å². The largest absolute Gasteiger partial charge is 0.446 e. The molecule has 3 unspecified atom stereocenters. The first kappa shape index (κ1) is 20.8. The van der Waals surface area contributed by atoms with E-state index in [-0.39, 0.29) is 36.0 Å². The number of aromatic nitrogens is 1. The zero-order valence-corrected chi connectivity index (χ0v) is 18.4. The van der Waals surface area contributed by atoms with Gasteiger partial charge in [0.2, 0.25) is 0 Å². The predicted molar refractivity (Wildman–Crippen MR) is 115 cm³/mol. The molecule has 8 nitrogen and oxygen atoms in total.